The van der Waals surface area contributed by atoms with E-state index < -0.39 is 65.5 Å². The number of benzene rings is 1. The molecule has 1 aliphatic rings. The number of aromatic hydroxyl groups is 1. The molecule has 0 spiro atoms. The number of alkyl halides is 8. The van der Waals surface area contributed by atoms with Gasteiger partial charge in [0.1, 0.15) is 12.1 Å². The smallest absolute Gasteiger partial charge is 0.419 e. The van der Waals surface area contributed by atoms with E-state index in [0.717, 1.165) is 28.2 Å². The average Bonchev–Trinajstić information content (AvgIpc) is 3.04. The molecule has 1 aromatic carbocycles. The van der Waals surface area contributed by atoms with Gasteiger partial charge in [-0.05, 0) is 12.1 Å². The van der Waals surface area contributed by atoms with Crippen molar-refractivity contribution in [2.45, 2.75) is 18.3 Å². The van der Waals surface area contributed by atoms with E-state index in [-0.39, 0.29) is 12.1 Å². The maximum atomic E-state index is 13.0. The quantitative estimate of drug-likeness (QED) is 0.582. The summed E-state index contributed by atoms with van der Waals surface area (Å²) in [5, 5.41) is 13.1. The molecule has 1 saturated heterocycles. The van der Waals surface area contributed by atoms with E-state index in [1.165, 1.54) is 0 Å². The van der Waals surface area contributed by atoms with Crippen molar-refractivity contribution in [3.8, 4) is 17.1 Å². The Morgan fingerprint density at radius 2 is 1.60 bits per heavy atom. The molecule has 0 saturated carbocycles. The van der Waals surface area contributed by atoms with Crippen LogP contribution in [0.15, 0.2) is 24.5 Å². The van der Waals surface area contributed by atoms with Crippen molar-refractivity contribution in [2.75, 3.05) is 13.1 Å². The lowest BCUT2D eigenvalue weighted by Gasteiger charge is -2.37. The van der Waals surface area contributed by atoms with Crippen LogP contribution in [0.3, 0.4) is 0 Å². The molecule has 1 amide bonds. The zero-order valence-corrected chi connectivity index (χ0v) is 14.5. The second-order valence-corrected chi connectivity index (χ2v) is 6.33. The van der Waals surface area contributed by atoms with Gasteiger partial charge in [0.05, 0.1) is 24.2 Å². The second-order valence-electron chi connectivity index (χ2n) is 6.33. The fraction of sp³-hybridized carbons (Fsp3) is 0.312. The fourth-order valence-corrected chi connectivity index (χ4v) is 2.59. The molecule has 0 bridgehead atoms. The molecule has 14 heteroatoms. The number of amides is 1. The first kappa shape index (κ1) is 21.5. The highest BCUT2D eigenvalue weighted by Gasteiger charge is 2.45. The summed E-state index contributed by atoms with van der Waals surface area (Å²) in [6.07, 6.45) is -7.89. The molecule has 3 rings (SSSR count). The highest BCUT2D eigenvalue weighted by atomic mass is 19.4. The second kappa shape index (κ2) is 6.95. The molecule has 1 aromatic heterocycles. The van der Waals surface area contributed by atoms with Crippen LogP contribution in [0.4, 0.5) is 35.1 Å². The zero-order valence-electron chi connectivity index (χ0n) is 14.5. The summed E-state index contributed by atoms with van der Waals surface area (Å²) in [4.78, 5) is 16.1. The number of rotatable bonds is 3. The minimum atomic E-state index is -5.28. The molecule has 6 nitrogen and oxygen atoms in total. The van der Waals surface area contributed by atoms with Gasteiger partial charge in [-0.1, -0.05) is 0 Å². The largest absolute Gasteiger partial charge is 0.507 e. The lowest BCUT2D eigenvalue weighted by atomic mass is 10.0. The summed E-state index contributed by atoms with van der Waals surface area (Å²) in [6, 6.07) is 0.503. The van der Waals surface area contributed by atoms with Crippen molar-refractivity contribution in [3.05, 3.63) is 35.7 Å². The minimum Gasteiger partial charge on any atom is -0.507 e. The van der Waals surface area contributed by atoms with Gasteiger partial charge in [0.15, 0.2) is 5.82 Å². The van der Waals surface area contributed by atoms with Gasteiger partial charge in [-0.3, -0.25) is 4.79 Å². The van der Waals surface area contributed by atoms with E-state index in [0.29, 0.717) is 0 Å². The van der Waals surface area contributed by atoms with Crippen LogP contribution in [0.25, 0.3) is 17.6 Å². The summed E-state index contributed by atoms with van der Waals surface area (Å²) in [6.45, 7) is -1.54. The molecule has 0 aliphatic carbocycles. The third-order valence-electron chi connectivity index (χ3n) is 4.01. The molecule has 2 heterocycles. The molecule has 1 N–H and O–H groups in total. The van der Waals surface area contributed by atoms with Crippen LogP contribution in [0.1, 0.15) is 11.1 Å². The zero-order chi connectivity index (χ0) is 22.5. The van der Waals surface area contributed by atoms with Crippen molar-refractivity contribution >= 4 is 12.1 Å². The van der Waals surface area contributed by atoms with Crippen LogP contribution in [-0.2, 0) is 17.1 Å². The standard InChI is InChI=1S/C16H10F8N4O2/c17-14(18)5-27(6-14)11(29)1-2-28-7-25-13(26-28)8-3-9(15(19,20)21)12(30)10(4-8)16(22,23)24/h1-4,7,30H,5-6H2/b2-1-. The third kappa shape index (κ3) is 4.36. The van der Waals surface area contributed by atoms with Gasteiger partial charge in [0.25, 0.3) is 5.92 Å². The van der Waals surface area contributed by atoms with Crippen LogP contribution >= 0.6 is 0 Å². The van der Waals surface area contributed by atoms with E-state index in [1.54, 1.807) is 0 Å². The number of aromatic nitrogens is 3. The predicted molar refractivity (Wildman–Crippen MR) is 84.0 cm³/mol. The van der Waals surface area contributed by atoms with E-state index >= 15 is 0 Å². The third-order valence-corrected chi connectivity index (χ3v) is 4.01. The van der Waals surface area contributed by atoms with Crippen molar-refractivity contribution < 1.29 is 45.0 Å². The van der Waals surface area contributed by atoms with Gasteiger partial charge in [0.2, 0.25) is 5.91 Å². The number of hydrogen-bond acceptors (Lipinski definition) is 4. The van der Waals surface area contributed by atoms with Crippen molar-refractivity contribution in [1.82, 2.24) is 19.7 Å². The Morgan fingerprint density at radius 1 is 1.07 bits per heavy atom. The van der Waals surface area contributed by atoms with Crippen LogP contribution < -0.4 is 0 Å². The van der Waals surface area contributed by atoms with Gasteiger partial charge in [-0.25, -0.2) is 18.4 Å². The predicted octanol–water partition coefficient (Wildman–Crippen LogP) is 3.64. The van der Waals surface area contributed by atoms with Crippen molar-refractivity contribution in [2.24, 2.45) is 0 Å². The SMILES string of the molecule is O=C(/C=C\n1cnc(-c2cc(C(F)(F)F)c(O)c(C(F)(F)F)c2)n1)N1CC(F)(F)C1. The van der Waals surface area contributed by atoms with E-state index in [9.17, 15) is 45.0 Å². The molecule has 0 atom stereocenters. The Balaban J connectivity index is 1.89. The number of phenols is 1. The van der Waals surface area contributed by atoms with Gasteiger partial charge in [-0.15, -0.1) is 5.10 Å². The summed E-state index contributed by atoms with van der Waals surface area (Å²) >= 11 is 0. The Kier molecular flexibility index (Phi) is 4.99. The van der Waals surface area contributed by atoms with Gasteiger partial charge < -0.3 is 10.0 Å². The average molecular weight is 442 g/mol. The summed E-state index contributed by atoms with van der Waals surface area (Å²) in [5.41, 5.74) is -4.53. The van der Waals surface area contributed by atoms with Crippen LogP contribution in [0.5, 0.6) is 5.75 Å². The number of carbonyl (C=O) groups excluding carboxylic acids is 1. The van der Waals surface area contributed by atoms with Gasteiger partial charge >= 0.3 is 12.4 Å². The Bertz CT molecular complexity index is 966. The number of carbonyl (C=O) groups is 1. The molecule has 162 valence electrons. The Hall–Kier alpha value is -3.19. The fourth-order valence-electron chi connectivity index (χ4n) is 2.59. The summed E-state index contributed by atoms with van der Waals surface area (Å²) in [7, 11) is 0. The lowest BCUT2D eigenvalue weighted by Crippen LogP contribution is -2.58. The first-order chi connectivity index (χ1) is 13.7. The highest BCUT2D eigenvalue weighted by molar-refractivity contribution is 5.90. The Labute approximate surface area is 162 Å². The first-order valence-corrected chi connectivity index (χ1v) is 7.95. The molecular formula is C16H10F8N4O2. The summed E-state index contributed by atoms with van der Waals surface area (Å²) in [5.74, 6) is -6.30. The molecular weight excluding hydrogens is 432 g/mol. The lowest BCUT2D eigenvalue weighted by molar-refractivity contribution is -0.160. The van der Waals surface area contributed by atoms with Gasteiger partial charge in [0, 0.05) is 17.8 Å². The minimum absolute atomic E-state index is 0.251. The maximum Gasteiger partial charge on any atom is 0.419 e. The van der Waals surface area contributed by atoms with E-state index in [1.807, 2.05) is 0 Å². The van der Waals surface area contributed by atoms with E-state index in [2.05, 4.69) is 10.1 Å². The van der Waals surface area contributed by atoms with Crippen molar-refractivity contribution in [3.63, 3.8) is 0 Å². The van der Waals surface area contributed by atoms with E-state index in [4.69, 9.17) is 0 Å². The van der Waals surface area contributed by atoms with Crippen LogP contribution in [0.2, 0.25) is 0 Å². The number of phenolic OH excluding ortho intramolecular Hbond substituents is 1. The van der Waals surface area contributed by atoms with Crippen LogP contribution in [-0.4, -0.2) is 49.7 Å². The molecule has 0 radical (unpaired) electrons. The first-order valence-electron chi connectivity index (χ1n) is 7.95. The molecule has 30 heavy (non-hydrogen) atoms. The topological polar surface area (TPSA) is 71.2 Å². The van der Waals surface area contributed by atoms with Gasteiger partial charge in [-0.2, -0.15) is 26.3 Å². The monoisotopic (exact) mass is 442 g/mol. The molecule has 1 aliphatic heterocycles. The number of halogens is 8. The normalized spacial score (nSPS) is 16.7. The van der Waals surface area contributed by atoms with Crippen LogP contribution in [0, 0.1) is 0 Å². The molecule has 0 unspecified atom stereocenters. The molecule has 1 fully saturated rings. The Morgan fingerprint density at radius 3 is 2.07 bits per heavy atom. The molecule has 2 aromatic rings. The maximum absolute atomic E-state index is 13.0. The number of likely N-dealkylation sites (tertiary alicyclic amines) is 1. The highest BCUT2D eigenvalue weighted by Crippen LogP contribution is 2.45. The number of hydrogen-bond donors (Lipinski definition) is 1. The van der Waals surface area contributed by atoms with Crippen molar-refractivity contribution in [1.29, 1.82) is 0 Å². The number of nitrogens with zero attached hydrogens (tertiary/aromatic N) is 4. The summed E-state index contributed by atoms with van der Waals surface area (Å²) < 4.78 is 104.